The average molecular weight is 502 g/mol. The molecular formula is C32H44BNO3. The van der Waals surface area contributed by atoms with Crippen LogP contribution in [0.3, 0.4) is 0 Å². The number of amides is 1. The van der Waals surface area contributed by atoms with Gasteiger partial charge in [0, 0.05) is 11.8 Å². The van der Waals surface area contributed by atoms with Crippen molar-refractivity contribution < 1.29 is 14.1 Å². The first-order valence-corrected chi connectivity index (χ1v) is 13.4. The van der Waals surface area contributed by atoms with Crippen molar-refractivity contribution in [3.05, 3.63) is 83.0 Å². The summed E-state index contributed by atoms with van der Waals surface area (Å²) in [6.45, 7) is 19.1. The monoisotopic (exact) mass is 501 g/mol. The van der Waals surface area contributed by atoms with Gasteiger partial charge in [-0.2, -0.15) is 0 Å². The molecule has 0 saturated carbocycles. The Balaban J connectivity index is 1.55. The summed E-state index contributed by atoms with van der Waals surface area (Å²) in [5, 5.41) is 2.93. The van der Waals surface area contributed by atoms with Gasteiger partial charge >= 0.3 is 7.12 Å². The molecule has 1 aromatic carbocycles. The summed E-state index contributed by atoms with van der Waals surface area (Å²) >= 11 is 0. The second-order valence-corrected chi connectivity index (χ2v) is 12.1. The first kappa shape index (κ1) is 28.9. The Kier molecular flexibility index (Phi) is 8.92. The lowest BCUT2D eigenvalue weighted by molar-refractivity contribution is -0.111. The van der Waals surface area contributed by atoms with Gasteiger partial charge in [-0.15, -0.1) is 0 Å². The Labute approximate surface area is 224 Å². The van der Waals surface area contributed by atoms with Crippen LogP contribution >= 0.6 is 0 Å². The van der Waals surface area contributed by atoms with E-state index in [1.165, 1.54) is 36.0 Å². The van der Waals surface area contributed by atoms with Crippen molar-refractivity contribution in [1.29, 1.82) is 0 Å². The highest BCUT2D eigenvalue weighted by Crippen LogP contribution is 2.41. The number of hydrogen-bond donors (Lipinski definition) is 1. The summed E-state index contributed by atoms with van der Waals surface area (Å²) in [6.07, 6.45) is 15.8. The van der Waals surface area contributed by atoms with E-state index in [1.54, 1.807) is 6.08 Å². The molecule has 1 aliphatic carbocycles. The molecule has 4 nitrogen and oxygen atoms in total. The minimum Gasteiger partial charge on any atom is -0.399 e. The largest absolute Gasteiger partial charge is 0.494 e. The molecule has 1 N–H and O–H groups in total. The van der Waals surface area contributed by atoms with E-state index < -0.39 is 7.12 Å². The second kappa shape index (κ2) is 11.4. The summed E-state index contributed by atoms with van der Waals surface area (Å²) in [5.74, 6) is -0.159. The van der Waals surface area contributed by atoms with Crippen LogP contribution < -0.4 is 10.8 Å². The van der Waals surface area contributed by atoms with Crippen LogP contribution in [0.4, 0.5) is 5.69 Å². The summed E-state index contributed by atoms with van der Waals surface area (Å²) in [7, 11) is -0.414. The van der Waals surface area contributed by atoms with Crippen LogP contribution in [0.15, 0.2) is 83.0 Å². The zero-order valence-corrected chi connectivity index (χ0v) is 24.2. The van der Waals surface area contributed by atoms with Crippen LogP contribution in [-0.2, 0) is 14.1 Å². The van der Waals surface area contributed by atoms with Crippen LogP contribution in [0.5, 0.6) is 0 Å². The highest BCUT2D eigenvalue weighted by Gasteiger charge is 2.51. The van der Waals surface area contributed by atoms with Crippen LogP contribution in [0.2, 0.25) is 0 Å². The first-order chi connectivity index (χ1) is 17.2. The number of carbonyl (C=O) groups is 1. The van der Waals surface area contributed by atoms with Gasteiger partial charge in [-0.05, 0) is 102 Å². The molecule has 1 saturated heterocycles. The SMILES string of the molecule is CC1=C(/C=C/C(C)=C/C=C/C(C)=C/C(=O)Nc2ccc(B3OC(C)(C)C(C)(C)O3)cc2)C(C)(C)CCC1. The second-order valence-electron chi connectivity index (χ2n) is 12.1. The van der Waals surface area contributed by atoms with Crippen molar-refractivity contribution in [2.45, 2.75) is 92.8 Å². The molecule has 0 atom stereocenters. The number of nitrogens with one attached hydrogen (secondary N) is 1. The maximum Gasteiger partial charge on any atom is 0.494 e. The maximum atomic E-state index is 12.5. The zero-order chi connectivity index (χ0) is 27.4. The van der Waals surface area contributed by atoms with Crippen molar-refractivity contribution in [3.8, 4) is 0 Å². The predicted octanol–water partition coefficient (Wildman–Crippen LogP) is 7.46. The molecule has 1 amide bonds. The van der Waals surface area contributed by atoms with Crippen molar-refractivity contribution >= 4 is 24.2 Å². The molecule has 1 aromatic rings. The summed E-state index contributed by atoms with van der Waals surface area (Å²) in [5.41, 5.74) is 6.17. The zero-order valence-electron chi connectivity index (χ0n) is 24.2. The predicted molar refractivity (Wildman–Crippen MR) is 157 cm³/mol. The lowest BCUT2D eigenvalue weighted by atomic mass is 9.72. The number of benzene rings is 1. The van der Waals surface area contributed by atoms with Gasteiger partial charge in [0.05, 0.1) is 11.2 Å². The molecule has 0 aromatic heterocycles. The molecule has 0 spiro atoms. The van der Waals surface area contributed by atoms with Crippen LogP contribution in [0.1, 0.15) is 81.6 Å². The van der Waals surface area contributed by atoms with Crippen LogP contribution in [0, 0.1) is 5.41 Å². The lowest BCUT2D eigenvalue weighted by Gasteiger charge is -2.32. The number of allylic oxidation sites excluding steroid dienone is 9. The molecular weight excluding hydrogens is 457 g/mol. The molecule has 5 heteroatoms. The van der Waals surface area contributed by atoms with Crippen molar-refractivity contribution in [2.24, 2.45) is 5.41 Å². The third kappa shape index (κ3) is 7.46. The van der Waals surface area contributed by atoms with Gasteiger partial charge in [-0.3, -0.25) is 4.79 Å². The van der Waals surface area contributed by atoms with Gasteiger partial charge < -0.3 is 14.6 Å². The minimum atomic E-state index is -0.414. The van der Waals surface area contributed by atoms with Crippen molar-refractivity contribution in [1.82, 2.24) is 0 Å². The van der Waals surface area contributed by atoms with E-state index in [1.807, 2.05) is 71.0 Å². The van der Waals surface area contributed by atoms with Crippen molar-refractivity contribution in [3.63, 3.8) is 0 Å². The Hall–Kier alpha value is -2.63. The molecule has 1 heterocycles. The summed E-state index contributed by atoms with van der Waals surface area (Å²) in [6, 6.07) is 7.61. The van der Waals surface area contributed by atoms with Gasteiger partial charge in [0.25, 0.3) is 0 Å². The molecule has 1 fully saturated rings. The molecule has 2 aliphatic rings. The highest BCUT2D eigenvalue weighted by atomic mass is 16.7. The standard InChI is InChI=1S/C32H44BNO3/c1-23(15-20-28-25(3)14-11-21-30(28,4)5)12-10-13-24(2)22-29(35)34-27-18-16-26(17-19-27)33-36-31(6,7)32(8,9)37-33/h10,12-13,15-20,22H,11,14,21H2,1-9H3,(H,34,35)/b13-10+,20-15+,23-12+,24-22+. The molecule has 0 radical (unpaired) electrons. The fraction of sp³-hybridized carbons (Fsp3) is 0.469. The molecule has 37 heavy (non-hydrogen) atoms. The van der Waals surface area contributed by atoms with E-state index in [4.69, 9.17) is 9.31 Å². The highest BCUT2D eigenvalue weighted by molar-refractivity contribution is 6.62. The minimum absolute atomic E-state index is 0.159. The van der Waals surface area contributed by atoms with Gasteiger partial charge in [-0.25, -0.2) is 0 Å². The lowest BCUT2D eigenvalue weighted by Crippen LogP contribution is -2.41. The van der Waals surface area contributed by atoms with Crippen LogP contribution in [0.25, 0.3) is 0 Å². The Morgan fingerprint density at radius 2 is 1.57 bits per heavy atom. The van der Waals surface area contributed by atoms with Gasteiger partial charge in [-0.1, -0.05) is 67.5 Å². The first-order valence-electron chi connectivity index (χ1n) is 13.4. The number of anilines is 1. The quantitative estimate of drug-likeness (QED) is 0.240. The third-order valence-electron chi connectivity index (χ3n) is 7.84. The number of hydrogen-bond acceptors (Lipinski definition) is 3. The Morgan fingerprint density at radius 3 is 2.16 bits per heavy atom. The molecule has 0 unspecified atom stereocenters. The van der Waals surface area contributed by atoms with E-state index in [-0.39, 0.29) is 22.5 Å². The summed E-state index contributed by atoms with van der Waals surface area (Å²) < 4.78 is 12.2. The van der Waals surface area contributed by atoms with Gasteiger partial charge in [0.1, 0.15) is 0 Å². The fourth-order valence-corrected chi connectivity index (χ4v) is 4.77. The Morgan fingerprint density at radius 1 is 0.946 bits per heavy atom. The number of rotatable bonds is 7. The van der Waals surface area contributed by atoms with E-state index in [9.17, 15) is 4.79 Å². The molecule has 1 aliphatic heterocycles. The van der Waals surface area contributed by atoms with E-state index in [2.05, 4.69) is 51.2 Å². The van der Waals surface area contributed by atoms with Gasteiger partial charge in [0.15, 0.2) is 0 Å². The fourth-order valence-electron chi connectivity index (χ4n) is 4.77. The third-order valence-corrected chi connectivity index (χ3v) is 7.84. The maximum absolute atomic E-state index is 12.5. The van der Waals surface area contributed by atoms with E-state index >= 15 is 0 Å². The smallest absolute Gasteiger partial charge is 0.399 e. The van der Waals surface area contributed by atoms with Gasteiger partial charge in [0.2, 0.25) is 5.91 Å². The topological polar surface area (TPSA) is 47.6 Å². The van der Waals surface area contributed by atoms with Crippen LogP contribution in [-0.4, -0.2) is 24.2 Å². The van der Waals surface area contributed by atoms with E-state index in [0.717, 1.165) is 16.7 Å². The molecule has 3 rings (SSSR count). The average Bonchev–Trinajstić information content (AvgIpc) is 3.00. The molecule has 198 valence electrons. The molecule has 0 bridgehead atoms. The van der Waals surface area contributed by atoms with E-state index in [0.29, 0.717) is 0 Å². The normalized spacial score (nSPS) is 21.8. The number of carbonyl (C=O) groups excluding carboxylic acids is 1. The Bertz CT molecular complexity index is 1130. The van der Waals surface area contributed by atoms with Crippen molar-refractivity contribution in [2.75, 3.05) is 5.32 Å². The summed E-state index contributed by atoms with van der Waals surface area (Å²) in [4.78, 5) is 12.5.